The van der Waals surface area contributed by atoms with Gasteiger partial charge in [-0.3, -0.25) is 0 Å². The Balaban J connectivity index is 2.28. The Morgan fingerprint density at radius 3 is 2.43 bits per heavy atom. The van der Waals surface area contributed by atoms with Crippen molar-refractivity contribution in [1.29, 1.82) is 0 Å². The van der Waals surface area contributed by atoms with Crippen molar-refractivity contribution in [2.75, 3.05) is 18.2 Å². The van der Waals surface area contributed by atoms with Crippen molar-refractivity contribution in [3.8, 4) is 5.75 Å². The lowest BCUT2D eigenvalue weighted by molar-refractivity contribution is -0.137. The summed E-state index contributed by atoms with van der Waals surface area (Å²) < 4.78 is 43.6. The molecular weight excluding hydrogens is 349 g/mol. The molecule has 0 aromatic heterocycles. The molecule has 21 heavy (non-hydrogen) atoms. The van der Waals surface area contributed by atoms with Gasteiger partial charge in [0.15, 0.2) is 0 Å². The zero-order valence-corrected chi connectivity index (χ0v) is 12.5. The van der Waals surface area contributed by atoms with Crippen LogP contribution in [0.5, 0.6) is 5.75 Å². The van der Waals surface area contributed by atoms with E-state index in [1.165, 1.54) is 13.2 Å². The molecule has 0 fully saturated rings. The topological polar surface area (TPSA) is 47.3 Å². The van der Waals surface area contributed by atoms with Crippen LogP contribution in [-0.4, -0.2) is 7.11 Å². The highest BCUT2D eigenvalue weighted by atomic mass is 79.9. The molecule has 0 aliphatic heterocycles. The minimum absolute atomic E-state index is 0.0201. The molecule has 0 spiro atoms. The summed E-state index contributed by atoms with van der Waals surface area (Å²) in [5, 5.41) is 2.96. The van der Waals surface area contributed by atoms with E-state index in [9.17, 15) is 13.2 Å². The Morgan fingerprint density at radius 2 is 1.86 bits per heavy atom. The van der Waals surface area contributed by atoms with Gasteiger partial charge in [0.1, 0.15) is 5.75 Å². The lowest BCUT2D eigenvalue weighted by atomic mass is 10.1. The van der Waals surface area contributed by atoms with Gasteiger partial charge in [-0.25, -0.2) is 0 Å². The Morgan fingerprint density at radius 1 is 1.14 bits per heavy atom. The van der Waals surface area contributed by atoms with Crippen LogP contribution in [-0.2, 0) is 6.18 Å². The van der Waals surface area contributed by atoms with Gasteiger partial charge in [0.25, 0.3) is 0 Å². The molecule has 2 aromatic rings. The van der Waals surface area contributed by atoms with Crippen LogP contribution < -0.4 is 15.8 Å². The van der Waals surface area contributed by atoms with Gasteiger partial charge >= 0.3 is 6.18 Å². The quantitative estimate of drug-likeness (QED) is 0.772. The first-order valence-electron chi connectivity index (χ1n) is 5.88. The van der Waals surface area contributed by atoms with Gasteiger partial charge in [0.05, 0.1) is 28.5 Å². The molecule has 0 aliphatic rings. The molecule has 0 unspecified atom stereocenters. The summed E-state index contributed by atoms with van der Waals surface area (Å²) in [5.74, 6) is 0.602. The summed E-state index contributed by atoms with van der Waals surface area (Å²) in [5.41, 5.74) is 5.95. The zero-order valence-electron chi connectivity index (χ0n) is 11.0. The molecular formula is C14H12BrF3N2O. The third-order valence-corrected chi connectivity index (χ3v) is 3.46. The summed E-state index contributed by atoms with van der Waals surface area (Å²) >= 11 is 3.32. The monoisotopic (exact) mass is 360 g/mol. The van der Waals surface area contributed by atoms with E-state index >= 15 is 0 Å². The van der Waals surface area contributed by atoms with Gasteiger partial charge < -0.3 is 15.8 Å². The van der Waals surface area contributed by atoms with Gasteiger partial charge in [-0.1, -0.05) is 0 Å². The Bertz CT molecular complexity index is 659. The van der Waals surface area contributed by atoms with Crippen molar-refractivity contribution in [2.24, 2.45) is 0 Å². The van der Waals surface area contributed by atoms with Gasteiger partial charge in [0.2, 0.25) is 0 Å². The van der Waals surface area contributed by atoms with Gasteiger partial charge in [-0.05, 0) is 46.3 Å². The summed E-state index contributed by atoms with van der Waals surface area (Å²) in [6.45, 7) is 0. The van der Waals surface area contributed by atoms with E-state index in [1.54, 1.807) is 18.2 Å². The highest BCUT2D eigenvalue weighted by molar-refractivity contribution is 9.10. The summed E-state index contributed by atoms with van der Waals surface area (Å²) in [6, 6.07) is 8.41. The van der Waals surface area contributed by atoms with E-state index in [1.807, 2.05) is 0 Å². The van der Waals surface area contributed by atoms with Crippen LogP contribution >= 0.6 is 15.9 Å². The predicted octanol–water partition coefficient (Wildman–Crippen LogP) is 4.80. The molecule has 0 atom stereocenters. The van der Waals surface area contributed by atoms with Crippen LogP contribution in [0.2, 0.25) is 0 Å². The molecule has 2 rings (SSSR count). The third-order valence-electron chi connectivity index (χ3n) is 2.81. The second kappa shape index (κ2) is 5.85. The zero-order chi connectivity index (χ0) is 15.6. The maximum Gasteiger partial charge on any atom is 0.416 e. The van der Waals surface area contributed by atoms with Crippen LogP contribution in [0.25, 0.3) is 0 Å². The predicted molar refractivity (Wildman–Crippen MR) is 79.8 cm³/mol. The van der Waals surface area contributed by atoms with Crippen LogP contribution in [0.1, 0.15) is 5.56 Å². The van der Waals surface area contributed by atoms with Crippen molar-refractivity contribution in [3.05, 3.63) is 46.4 Å². The number of ether oxygens (including phenoxy) is 1. The highest BCUT2D eigenvalue weighted by Gasteiger charge is 2.30. The normalized spacial score (nSPS) is 11.3. The van der Waals surface area contributed by atoms with E-state index < -0.39 is 11.7 Å². The molecule has 3 N–H and O–H groups in total. The van der Waals surface area contributed by atoms with Crippen LogP contribution in [0.15, 0.2) is 40.9 Å². The number of anilines is 3. The first-order chi connectivity index (χ1) is 9.81. The fourth-order valence-electron chi connectivity index (χ4n) is 1.75. The SMILES string of the molecule is COc1cc(Nc2ccc(C(F)(F)F)cc2N)ccc1Br. The first-order valence-corrected chi connectivity index (χ1v) is 6.68. The average molecular weight is 361 g/mol. The number of methoxy groups -OCH3 is 1. The van der Waals surface area contributed by atoms with Crippen LogP contribution in [0, 0.1) is 0 Å². The average Bonchev–Trinajstić information content (AvgIpc) is 2.42. The van der Waals surface area contributed by atoms with E-state index in [2.05, 4.69) is 21.2 Å². The van der Waals surface area contributed by atoms with E-state index in [0.29, 0.717) is 17.1 Å². The van der Waals surface area contributed by atoms with Crippen LogP contribution in [0.3, 0.4) is 0 Å². The highest BCUT2D eigenvalue weighted by Crippen LogP contribution is 2.35. The van der Waals surface area contributed by atoms with Crippen molar-refractivity contribution in [2.45, 2.75) is 6.18 Å². The molecule has 3 nitrogen and oxygen atoms in total. The van der Waals surface area contributed by atoms with E-state index in [4.69, 9.17) is 10.5 Å². The molecule has 0 aliphatic carbocycles. The Kier molecular flexibility index (Phi) is 4.32. The number of halogens is 4. The molecule has 0 bridgehead atoms. The molecule has 0 heterocycles. The van der Waals surface area contributed by atoms with Gasteiger partial charge in [-0.2, -0.15) is 13.2 Å². The molecule has 2 aromatic carbocycles. The molecule has 0 amide bonds. The Labute approximate surface area is 128 Å². The van der Waals surface area contributed by atoms with Crippen molar-refractivity contribution < 1.29 is 17.9 Å². The molecule has 112 valence electrons. The number of alkyl halides is 3. The fraction of sp³-hybridized carbons (Fsp3) is 0.143. The summed E-state index contributed by atoms with van der Waals surface area (Å²) in [4.78, 5) is 0. The van der Waals surface area contributed by atoms with Gasteiger partial charge in [0, 0.05) is 11.8 Å². The molecule has 7 heteroatoms. The van der Waals surface area contributed by atoms with E-state index in [-0.39, 0.29) is 5.69 Å². The lowest BCUT2D eigenvalue weighted by Crippen LogP contribution is -2.06. The molecule has 0 saturated carbocycles. The number of hydrogen-bond donors (Lipinski definition) is 2. The number of rotatable bonds is 3. The minimum atomic E-state index is -4.41. The van der Waals surface area contributed by atoms with Crippen molar-refractivity contribution >= 4 is 33.0 Å². The second-order valence-corrected chi connectivity index (χ2v) is 5.13. The number of nitrogens with two attached hydrogens (primary N) is 1. The number of nitrogens with one attached hydrogen (secondary N) is 1. The largest absolute Gasteiger partial charge is 0.495 e. The van der Waals surface area contributed by atoms with Crippen molar-refractivity contribution in [3.63, 3.8) is 0 Å². The third kappa shape index (κ3) is 3.60. The second-order valence-electron chi connectivity index (χ2n) is 4.27. The number of benzene rings is 2. The lowest BCUT2D eigenvalue weighted by Gasteiger charge is -2.13. The first kappa shape index (κ1) is 15.5. The fourth-order valence-corrected chi connectivity index (χ4v) is 2.15. The minimum Gasteiger partial charge on any atom is -0.495 e. The van der Waals surface area contributed by atoms with Crippen molar-refractivity contribution in [1.82, 2.24) is 0 Å². The van der Waals surface area contributed by atoms with E-state index in [0.717, 1.165) is 16.6 Å². The number of nitrogen functional groups attached to an aromatic ring is 1. The van der Waals surface area contributed by atoms with Crippen LogP contribution in [0.4, 0.5) is 30.2 Å². The summed E-state index contributed by atoms with van der Waals surface area (Å²) in [6.07, 6.45) is -4.41. The summed E-state index contributed by atoms with van der Waals surface area (Å²) in [7, 11) is 1.52. The number of hydrogen-bond acceptors (Lipinski definition) is 3. The maximum absolute atomic E-state index is 12.6. The van der Waals surface area contributed by atoms with Gasteiger partial charge in [-0.15, -0.1) is 0 Å². The standard InChI is InChI=1S/C14H12BrF3N2O/c1-21-13-7-9(3-4-10(13)15)20-12-5-2-8(6-11(12)19)14(16,17)18/h2-7,20H,19H2,1H3. The molecule has 0 saturated heterocycles. The maximum atomic E-state index is 12.6. The smallest absolute Gasteiger partial charge is 0.416 e. The Hall–Kier alpha value is -1.89. The molecule has 0 radical (unpaired) electrons.